The highest BCUT2D eigenvalue weighted by Gasteiger charge is 2.62. The minimum absolute atomic E-state index is 0. The van der Waals surface area contributed by atoms with Gasteiger partial charge in [-0.2, -0.15) is 0 Å². The third kappa shape index (κ3) is 4.25. The quantitative estimate of drug-likeness (QED) is 0.371. The van der Waals surface area contributed by atoms with Crippen LogP contribution in [-0.4, -0.2) is 76.5 Å². The smallest absolute Gasteiger partial charge is 1.00 e. The van der Waals surface area contributed by atoms with Crippen LogP contribution in [0.25, 0.3) is 0 Å². The first-order valence-corrected chi connectivity index (χ1v) is 7.92. The van der Waals surface area contributed by atoms with E-state index in [2.05, 4.69) is 11.9 Å². The maximum Gasteiger partial charge on any atom is 1.00 e. The summed E-state index contributed by atoms with van der Waals surface area (Å²) in [6.07, 6.45) is 2.26. The average molecular weight is 438 g/mol. The number of nitrogens with zero attached hydrogens (tertiary/aromatic N) is 1. The van der Waals surface area contributed by atoms with E-state index >= 15 is 0 Å². The molecule has 0 saturated carbocycles. The monoisotopic (exact) mass is 437 g/mol. The van der Waals surface area contributed by atoms with Gasteiger partial charge < -0.3 is 48.0 Å². The maximum absolute atomic E-state index is 12.4. The molecule has 150 valence electrons. The number of rotatable bonds is 4. The standard InChI is InChI=1S/C17H21NO4.BrH.3H2O/c1-18-13-7-11(8-14(18)16-15(13)22-16)21-17(20)12(9-19)10-5-3-2-4-6-10;;;;/h2-6,11-16,19H,7-9H2,1H3;1H;3*1H2/t11?,12-,13+,14+,15-,16+;;;;/m1..../s1. The summed E-state index contributed by atoms with van der Waals surface area (Å²) in [5.74, 6) is -0.915. The van der Waals surface area contributed by atoms with Gasteiger partial charge in [-0.25, -0.2) is 0 Å². The van der Waals surface area contributed by atoms with E-state index in [-0.39, 0.29) is 53.5 Å². The van der Waals surface area contributed by atoms with Crippen LogP contribution in [0.15, 0.2) is 30.3 Å². The predicted molar refractivity (Wildman–Crippen MR) is 91.3 cm³/mol. The van der Waals surface area contributed by atoms with Crippen LogP contribution in [0, 0.1) is 0 Å². The molecule has 0 amide bonds. The van der Waals surface area contributed by atoms with Crippen molar-refractivity contribution in [2.45, 2.75) is 49.2 Å². The normalized spacial score (nSPS) is 31.7. The summed E-state index contributed by atoms with van der Waals surface area (Å²) in [5.41, 5.74) is 0.803. The van der Waals surface area contributed by atoms with E-state index in [1.54, 1.807) is 0 Å². The summed E-state index contributed by atoms with van der Waals surface area (Å²) in [4.78, 5) is 14.8. The van der Waals surface area contributed by atoms with Crippen LogP contribution in [0.2, 0.25) is 0 Å². The number of likely N-dealkylation sites (N-methyl/N-ethyl adjacent to an activating group) is 1. The Labute approximate surface area is 164 Å². The zero-order valence-electron chi connectivity index (χ0n) is 15.5. The van der Waals surface area contributed by atoms with Crippen molar-refractivity contribution in [2.75, 3.05) is 13.7 Å². The molecule has 6 atom stereocenters. The molecular formula is C17H28BrNO7. The van der Waals surface area contributed by atoms with Gasteiger partial charge in [-0.1, -0.05) is 30.3 Å². The number of carbonyl (C=O) groups excluding carboxylic acids is 1. The number of ether oxygens (including phenoxy) is 2. The summed E-state index contributed by atoms with van der Waals surface area (Å²) in [5, 5.41) is 9.56. The largest absolute Gasteiger partial charge is 1.00 e. The summed E-state index contributed by atoms with van der Waals surface area (Å²) >= 11 is 0. The predicted octanol–water partition coefficient (Wildman–Crippen LogP) is -4.44. The van der Waals surface area contributed by atoms with Gasteiger partial charge >= 0.3 is 7.40 Å². The van der Waals surface area contributed by atoms with Crippen LogP contribution in [0.3, 0.4) is 0 Å². The molecule has 8 nitrogen and oxygen atoms in total. The molecule has 0 aromatic heterocycles. The minimum atomic E-state index is -0.593. The molecule has 0 spiro atoms. The number of piperidine rings is 1. The lowest BCUT2D eigenvalue weighted by Crippen LogP contribution is -3.00. The Hall–Kier alpha value is -1.07. The number of hydrogen-bond donors (Lipinski definition) is 1. The van der Waals surface area contributed by atoms with Gasteiger partial charge in [-0.15, -0.1) is 0 Å². The van der Waals surface area contributed by atoms with Crippen molar-refractivity contribution in [1.82, 2.24) is 4.90 Å². The number of epoxide rings is 1. The van der Waals surface area contributed by atoms with Crippen LogP contribution in [-0.2, 0) is 14.3 Å². The van der Waals surface area contributed by atoms with Crippen molar-refractivity contribution in [3.05, 3.63) is 35.9 Å². The van der Waals surface area contributed by atoms with Gasteiger partial charge in [0.05, 0.1) is 6.61 Å². The number of halogens is 1. The number of fused-ring (bicyclic) bond motifs is 5. The molecule has 3 saturated heterocycles. The summed E-state index contributed by atoms with van der Waals surface area (Å²) in [6.45, 7) is -0.226. The summed E-state index contributed by atoms with van der Waals surface area (Å²) in [6, 6.07) is 10.1. The minimum Gasteiger partial charge on any atom is -1.00 e. The van der Waals surface area contributed by atoms with E-state index in [1.165, 1.54) is 0 Å². The van der Waals surface area contributed by atoms with Crippen LogP contribution < -0.4 is 17.0 Å². The Kier molecular flexibility index (Phi) is 9.35. The number of morpholine rings is 1. The molecular weight excluding hydrogens is 410 g/mol. The fourth-order valence-corrected chi connectivity index (χ4v) is 4.04. The first kappa shape index (κ1) is 24.9. The first-order valence-electron chi connectivity index (χ1n) is 7.92. The lowest BCUT2D eigenvalue weighted by atomic mass is 9.97. The molecule has 1 aromatic carbocycles. The second-order valence-corrected chi connectivity index (χ2v) is 6.54. The molecule has 3 fully saturated rings. The van der Waals surface area contributed by atoms with Crippen LogP contribution >= 0.6 is 0 Å². The topological polar surface area (TPSA) is 157 Å². The summed E-state index contributed by atoms with van der Waals surface area (Å²) in [7, 11) is 2.13. The molecule has 1 unspecified atom stereocenters. The molecule has 26 heavy (non-hydrogen) atoms. The number of esters is 1. The Morgan fingerprint density at radius 3 is 2.27 bits per heavy atom. The number of carbonyl (C=O) groups is 1. The number of benzene rings is 1. The zero-order chi connectivity index (χ0) is 15.3. The molecule has 3 aliphatic heterocycles. The number of aliphatic hydroxyl groups is 1. The fraction of sp³-hybridized carbons (Fsp3) is 0.588. The van der Waals surface area contributed by atoms with Gasteiger partial charge in [0.15, 0.2) is 0 Å². The van der Waals surface area contributed by atoms with Gasteiger partial charge in [0.1, 0.15) is 24.2 Å². The molecule has 7 N–H and O–H groups in total. The van der Waals surface area contributed by atoms with Crippen molar-refractivity contribution in [3.63, 3.8) is 0 Å². The highest BCUT2D eigenvalue weighted by Crippen LogP contribution is 2.48. The summed E-state index contributed by atoms with van der Waals surface area (Å²) < 4.78 is 11.4. The van der Waals surface area contributed by atoms with Crippen LogP contribution in [0.5, 0.6) is 0 Å². The zero-order valence-corrected chi connectivity index (χ0v) is 16.1. The molecule has 3 heterocycles. The van der Waals surface area contributed by atoms with Gasteiger partial charge in [0, 0.05) is 24.9 Å². The molecule has 9 heteroatoms. The SMILES string of the molecule is CN1[C@H]2CC(OC(=O)[C@H](CO)c3ccccc3)C[C@H]1[C@H]1O[C@H]12.O.O.O.[Br-].[H+]. The van der Waals surface area contributed by atoms with E-state index in [4.69, 9.17) is 9.47 Å². The van der Waals surface area contributed by atoms with E-state index in [1.807, 2.05) is 30.3 Å². The molecule has 2 bridgehead atoms. The Balaban J connectivity index is 0. The van der Waals surface area contributed by atoms with Crippen molar-refractivity contribution in [2.24, 2.45) is 0 Å². The average Bonchev–Trinajstić information content (AvgIpc) is 3.27. The number of hydrogen-bond acceptors (Lipinski definition) is 5. The second kappa shape index (κ2) is 9.75. The molecule has 1 aromatic rings. The van der Waals surface area contributed by atoms with E-state index < -0.39 is 5.92 Å². The van der Waals surface area contributed by atoms with Gasteiger partial charge in [-0.05, 0) is 12.6 Å². The van der Waals surface area contributed by atoms with Crippen molar-refractivity contribution in [1.29, 1.82) is 0 Å². The Morgan fingerprint density at radius 2 is 1.77 bits per heavy atom. The molecule has 0 aliphatic carbocycles. The van der Waals surface area contributed by atoms with Crippen molar-refractivity contribution < 1.29 is 54.2 Å². The third-order valence-electron chi connectivity index (χ3n) is 5.33. The second-order valence-electron chi connectivity index (χ2n) is 6.54. The number of aliphatic hydroxyl groups excluding tert-OH is 1. The van der Waals surface area contributed by atoms with Gasteiger partial charge in [-0.3, -0.25) is 9.69 Å². The fourth-order valence-electron chi connectivity index (χ4n) is 4.04. The Morgan fingerprint density at radius 1 is 1.23 bits per heavy atom. The van der Waals surface area contributed by atoms with Crippen molar-refractivity contribution >= 4 is 5.97 Å². The highest BCUT2D eigenvalue weighted by atomic mass is 79.9. The van der Waals surface area contributed by atoms with Crippen molar-refractivity contribution in [3.8, 4) is 0 Å². The van der Waals surface area contributed by atoms with E-state index in [0.29, 0.717) is 24.3 Å². The van der Waals surface area contributed by atoms with Crippen LogP contribution in [0.1, 0.15) is 25.7 Å². The van der Waals surface area contributed by atoms with Gasteiger partial charge in [0.2, 0.25) is 0 Å². The maximum atomic E-state index is 12.4. The molecule has 4 rings (SSSR count). The Bertz CT molecular complexity index is 564. The van der Waals surface area contributed by atoms with E-state index in [0.717, 1.165) is 18.4 Å². The van der Waals surface area contributed by atoms with Gasteiger partial charge in [0.25, 0.3) is 0 Å². The lowest BCUT2D eigenvalue weighted by molar-refractivity contribution is -0.156. The molecule has 0 radical (unpaired) electrons. The van der Waals surface area contributed by atoms with E-state index in [9.17, 15) is 9.90 Å². The van der Waals surface area contributed by atoms with Crippen LogP contribution in [0.4, 0.5) is 0 Å². The molecule has 3 aliphatic rings. The highest BCUT2D eigenvalue weighted by molar-refractivity contribution is 5.78. The first-order chi connectivity index (χ1) is 10.7. The lowest BCUT2D eigenvalue weighted by Gasteiger charge is -2.38. The third-order valence-corrected chi connectivity index (χ3v) is 5.33.